The topological polar surface area (TPSA) is 20.2 Å². The molecule has 0 spiro atoms. The van der Waals surface area contributed by atoms with E-state index in [4.69, 9.17) is 0 Å². The SMILES string of the molecule is CC(C)[C@H]1CC=C([C@@H](C)O)C1. The standard InChI is InChI=1S/C10H18O/c1-7(2)9-4-5-10(6-9)8(3)11/h5,7-9,11H,4,6H2,1-3H3/t8-,9+/m1/s1. The summed E-state index contributed by atoms with van der Waals surface area (Å²) in [6.45, 7) is 6.36. The Morgan fingerprint density at radius 2 is 2.09 bits per heavy atom. The first-order chi connectivity index (χ1) is 5.11. The van der Waals surface area contributed by atoms with E-state index in [0.29, 0.717) is 0 Å². The zero-order valence-electron chi connectivity index (χ0n) is 7.67. The van der Waals surface area contributed by atoms with E-state index in [2.05, 4.69) is 19.9 Å². The molecule has 0 fully saturated rings. The highest BCUT2D eigenvalue weighted by Crippen LogP contribution is 2.32. The number of hydrogen-bond donors (Lipinski definition) is 1. The molecular weight excluding hydrogens is 136 g/mol. The maximum absolute atomic E-state index is 9.28. The van der Waals surface area contributed by atoms with Crippen LogP contribution in [0.25, 0.3) is 0 Å². The predicted octanol–water partition coefficient (Wildman–Crippen LogP) is 2.36. The van der Waals surface area contributed by atoms with Crippen LogP contribution in [0.2, 0.25) is 0 Å². The summed E-state index contributed by atoms with van der Waals surface area (Å²) in [5.74, 6) is 1.53. The number of aliphatic hydroxyl groups excluding tert-OH is 1. The van der Waals surface area contributed by atoms with Gasteiger partial charge in [0.2, 0.25) is 0 Å². The molecule has 64 valence electrons. The molecule has 0 amide bonds. The van der Waals surface area contributed by atoms with Crippen LogP contribution < -0.4 is 0 Å². The highest BCUT2D eigenvalue weighted by atomic mass is 16.3. The minimum Gasteiger partial charge on any atom is -0.389 e. The van der Waals surface area contributed by atoms with Crippen LogP contribution in [0.3, 0.4) is 0 Å². The van der Waals surface area contributed by atoms with Crippen LogP contribution in [0.15, 0.2) is 11.6 Å². The minimum absolute atomic E-state index is 0.223. The van der Waals surface area contributed by atoms with Crippen LogP contribution in [-0.4, -0.2) is 11.2 Å². The van der Waals surface area contributed by atoms with Crippen LogP contribution in [0.4, 0.5) is 0 Å². The predicted molar refractivity (Wildman–Crippen MR) is 47.3 cm³/mol. The van der Waals surface area contributed by atoms with Crippen molar-refractivity contribution >= 4 is 0 Å². The van der Waals surface area contributed by atoms with Gasteiger partial charge < -0.3 is 5.11 Å². The second-order valence-corrected chi connectivity index (χ2v) is 3.90. The van der Waals surface area contributed by atoms with E-state index in [1.54, 1.807) is 0 Å². The molecule has 0 heterocycles. The quantitative estimate of drug-likeness (QED) is 0.605. The van der Waals surface area contributed by atoms with Crippen LogP contribution in [0.1, 0.15) is 33.6 Å². The highest BCUT2D eigenvalue weighted by molar-refractivity contribution is 5.14. The zero-order valence-corrected chi connectivity index (χ0v) is 7.67. The molecule has 2 atom stereocenters. The van der Waals surface area contributed by atoms with Crippen LogP contribution >= 0.6 is 0 Å². The molecule has 1 nitrogen and oxygen atoms in total. The molecule has 0 saturated heterocycles. The highest BCUT2D eigenvalue weighted by Gasteiger charge is 2.21. The normalized spacial score (nSPS) is 27.4. The van der Waals surface area contributed by atoms with Crippen molar-refractivity contribution in [3.05, 3.63) is 11.6 Å². The lowest BCUT2D eigenvalue weighted by molar-refractivity contribution is 0.224. The molecule has 1 N–H and O–H groups in total. The van der Waals surface area contributed by atoms with Crippen LogP contribution in [-0.2, 0) is 0 Å². The zero-order chi connectivity index (χ0) is 8.43. The Kier molecular flexibility index (Phi) is 2.72. The molecule has 0 saturated carbocycles. The Morgan fingerprint density at radius 3 is 2.36 bits per heavy atom. The van der Waals surface area contributed by atoms with Crippen molar-refractivity contribution in [2.24, 2.45) is 11.8 Å². The Balaban J connectivity index is 2.43. The maximum atomic E-state index is 9.28. The first kappa shape index (κ1) is 8.79. The Hall–Kier alpha value is -0.300. The molecule has 0 aliphatic heterocycles. The van der Waals surface area contributed by atoms with E-state index in [0.717, 1.165) is 24.7 Å². The van der Waals surface area contributed by atoms with Gasteiger partial charge in [0.1, 0.15) is 0 Å². The summed E-state index contributed by atoms with van der Waals surface area (Å²) in [5, 5.41) is 9.28. The van der Waals surface area contributed by atoms with E-state index in [1.165, 1.54) is 5.57 Å². The molecule has 0 aromatic rings. The monoisotopic (exact) mass is 154 g/mol. The number of allylic oxidation sites excluding steroid dienone is 1. The lowest BCUT2D eigenvalue weighted by Crippen LogP contribution is -2.08. The van der Waals surface area contributed by atoms with E-state index >= 15 is 0 Å². The van der Waals surface area contributed by atoms with Crippen molar-refractivity contribution in [2.75, 3.05) is 0 Å². The molecule has 0 unspecified atom stereocenters. The van der Waals surface area contributed by atoms with Crippen molar-refractivity contribution in [3.63, 3.8) is 0 Å². The molecule has 1 rings (SSSR count). The number of aliphatic hydroxyl groups is 1. The third kappa shape index (κ3) is 2.06. The number of hydrogen-bond acceptors (Lipinski definition) is 1. The van der Waals surface area contributed by atoms with Gasteiger partial charge in [-0.25, -0.2) is 0 Å². The third-order valence-electron chi connectivity index (χ3n) is 2.66. The van der Waals surface area contributed by atoms with Gasteiger partial charge in [0, 0.05) is 0 Å². The molecular formula is C10H18O. The van der Waals surface area contributed by atoms with E-state index in [-0.39, 0.29) is 6.10 Å². The van der Waals surface area contributed by atoms with Crippen molar-refractivity contribution in [1.29, 1.82) is 0 Å². The van der Waals surface area contributed by atoms with Gasteiger partial charge >= 0.3 is 0 Å². The molecule has 1 aliphatic rings. The van der Waals surface area contributed by atoms with Crippen molar-refractivity contribution in [2.45, 2.75) is 39.7 Å². The van der Waals surface area contributed by atoms with Gasteiger partial charge in [-0.15, -0.1) is 0 Å². The van der Waals surface area contributed by atoms with E-state index in [1.807, 2.05) is 6.92 Å². The van der Waals surface area contributed by atoms with Gasteiger partial charge in [-0.05, 0) is 37.2 Å². The van der Waals surface area contributed by atoms with Gasteiger partial charge in [-0.3, -0.25) is 0 Å². The largest absolute Gasteiger partial charge is 0.389 e. The fourth-order valence-corrected chi connectivity index (χ4v) is 1.62. The van der Waals surface area contributed by atoms with E-state index in [9.17, 15) is 5.11 Å². The van der Waals surface area contributed by atoms with Crippen molar-refractivity contribution in [1.82, 2.24) is 0 Å². The maximum Gasteiger partial charge on any atom is 0.0722 e. The molecule has 0 aromatic carbocycles. The average Bonchev–Trinajstić information content (AvgIpc) is 2.33. The van der Waals surface area contributed by atoms with Crippen LogP contribution in [0.5, 0.6) is 0 Å². The van der Waals surface area contributed by atoms with Crippen molar-refractivity contribution in [3.8, 4) is 0 Å². The van der Waals surface area contributed by atoms with Gasteiger partial charge in [0.25, 0.3) is 0 Å². The summed E-state index contributed by atoms with van der Waals surface area (Å²) in [4.78, 5) is 0. The molecule has 1 heteroatoms. The molecule has 0 aromatic heterocycles. The third-order valence-corrected chi connectivity index (χ3v) is 2.66. The molecule has 0 radical (unpaired) electrons. The fraction of sp³-hybridized carbons (Fsp3) is 0.800. The average molecular weight is 154 g/mol. The molecule has 1 aliphatic carbocycles. The van der Waals surface area contributed by atoms with Crippen LogP contribution in [0, 0.1) is 11.8 Å². The second kappa shape index (κ2) is 3.40. The smallest absolute Gasteiger partial charge is 0.0722 e. The Morgan fingerprint density at radius 1 is 1.45 bits per heavy atom. The number of rotatable bonds is 2. The van der Waals surface area contributed by atoms with Gasteiger partial charge in [-0.1, -0.05) is 19.9 Å². The summed E-state index contributed by atoms with van der Waals surface area (Å²) in [6, 6.07) is 0. The molecule has 0 bridgehead atoms. The first-order valence-electron chi connectivity index (χ1n) is 4.48. The minimum atomic E-state index is -0.223. The fourth-order valence-electron chi connectivity index (χ4n) is 1.62. The molecule has 11 heavy (non-hydrogen) atoms. The first-order valence-corrected chi connectivity index (χ1v) is 4.48. The van der Waals surface area contributed by atoms with Crippen molar-refractivity contribution < 1.29 is 5.11 Å². The summed E-state index contributed by atoms with van der Waals surface area (Å²) in [7, 11) is 0. The summed E-state index contributed by atoms with van der Waals surface area (Å²) < 4.78 is 0. The second-order valence-electron chi connectivity index (χ2n) is 3.90. The Bertz CT molecular complexity index is 156. The summed E-state index contributed by atoms with van der Waals surface area (Å²) >= 11 is 0. The summed E-state index contributed by atoms with van der Waals surface area (Å²) in [5.41, 5.74) is 1.24. The van der Waals surface area contributed by atoms with Gasteiger partial charge in [0.15, 0.2) is 0 Å². The van der Waals surface area contributed by atoms with Gasteiger partial charge in [-0.2, -0.15) is 0 Å². The van der Waals surface area contributed by atoms with E-state index < -0.39 is 0 Å². The summed E-state index contributed by atoms with van der Waals surface area (Å²) in [6.07, 6.45) is 4.25. The lowest BCUT2D eigenvalue weighted by atomic mass is 9.92. The lowest BCUT2D eigenvalue weighted by Gasteiger charge is -2.14. The van der Waals surface area contributed by atoms with Gasteiger partial charge in [0.05, 0.1) is 6.10 Å². The Labute approximate surface area is 69.1 Å².